The number of hydrogen-bond acceptors (Lipinski definition) is 5. The summed E-state index contributed by atoms with van der Waals surface area (Å²) in [4.78, 5) is 11.3. The lowest BCUT2D eigenvalue weighted by atomic mass is 10.1. The molecule has 4 rings (SSSR count). The molecule has 164 valence electrons. The van der Waals surface area contributed by atoms with Crippen LogP contribution in [0.5, 0.6) is 17.2 Å². The van der Waals surface area contributed by atoms with Gasteiger partial charge in [-0.25, -0.2) is 18.3 Å². The van der Waals surface area contributed by atoms with Crippen molar-refractivity contribution >= 4 is 16.9 Å². The molecular weight excluding hydrogens is 422 g/mol. The Morgan fingerprint density at radius 3 is 2.47 bits per heavy atom. The summed E-state index contributed by atoms with van der Waals surface area (Å²) in [6.45, 7) is -0.310. The van der Waals surface area contributed by atoms with Gasteiger partial charge < -0.3 is 19.3 Å². The van der Waals surface area contributed by atoms with Crippen molar-refractivity contribution in [3.8, 4) is 22.9 Å². The van der Waals surface area contributed by atoms with E-state index in [0.717, 1.165) is 11.5 Å². The number of rotatable bonds is 7. The van der Waals surface area contributed by atoms with Crippen LogP contribution >= 0.6 is 0 Å². The third kappa shape index (κ3) is 3.80. The van der Waals surface area contributed by atoms with Gasteiger partial charge in [0.1, 0.15) is 12.4 Å². The van der Waals surface area contributed by atoms with Gasteiger partial charge in [0.05, 0.1) is 42.7 Å². The summed E-state index contributed by atoms with van der Waals surface area (Å²) in [7, 11) is 2.80. The van der Waals surface area contributed by atoms with Crippen LogP contribution in [0.2, 0.25) is 0 Å². The molecule has 4 aromatic rings. The summed E-state index contributed by atoms with van der Waals surface area (Å²) in [5.41, 5.74) is 1.19. The predicted octanol–water partition coefficient (Wildman–Crippen LogP) is 4.60. The molecule has 1 N–H and O–H groups in total. The molecule has 7 nitrogen and oxygen atoms in total. The van der Waals surface area contributed by atoms with Crippen LogP contribution in [0, 0.1) is 11.6 Å². The second kappa shape index (κ2) is 8.54. The van der Waals surface area contributed by atoms with Crippen molar-refractivity contribution < 1.29 is 32.9 Å². The molecule has 0 spiro atoms. The van der Waals surface area contributed by atoms with Crippen LogP contribution in [0.3, 0.4) is 0 Å². The standard InChI is InChI=1S/C23H18F2N2O5/c1-30-19-8-6-17(24)22(25)16(19)12-32-21-10-15(5-7-20(21)31-2)27-18-9-13(23(28)29)3-4-14(18)11-26-27/h3-11H,12H2,1-2H3,(H,28,29). The van der Waals surface area contributed by atoms with E-state index >= 15 is 0 Å². The lowest BCUT2D eigenvalue weighted by molar-refractivity contribution is 0.0697. The number of hydrogen-bond donors (Lipinski definition) is 1. The zero-order valence-electron chi connectivity index (χ0n) is 17.1. The molecule has 32 heavy (non-hydrogen) atoms. The maximum atomic E-state index is 14.3. The zero-order chi connectivity index (χ0) is 22.8. The second-order valence-electron chi connectivity index (χ2n) is 6.80. The highest BCUT2D eigenvalue weighted by molar-refractivity contribution is 5.93. The number of fused-ring (bicyclic) bond motifs is 1. The quantitative estimate of drug-likeness (QED) is 0.452. The Kier molecular flexibility index (Phi) is 5.63. The highest BCUT2D eigenvalue weighted by atomic mass is 19.2. The summed E-state index contributed by atoms with van der Waals surface area (Å²) >= 11 is 0. The van der Waals surface area contributed by atoms with E-state index in [1.807, 2.05) is 0 Å². The smallest absolute Gasteiger partial charge is 0.335 e. The van der Waals surface area contributed by atoms with E-state index in [1.165, 1.54) is 32.4 Å². The van der Waals surface area contributed by atoms with Crippen molar-refractivity contribution in [2.75, 3.05) is 14.2 Å². The Hall–Kier alpha value is -4.14. The van der Waals surface area contributed by atoms with Gasteiger partial charge in [-0.3, -0.25) is 0 Å². The Morgan fingerprint density at radius 1 is 1.00 bits per heavy atom. The summed E-state index contributed by atoms with van der Waals surface area (Å²) < 4.78 is 45.7. The Balaban J connectivity index is 1.72. The molecule has 0 saturated heterocycles. The van der Waals surface area contributed by atoms with E-state index in [4.69, 9.17) is 14.2 Å². The zero-order valence-corrected chi connectivity index (χ0v) is 17.1. The minimum absolute atomic E-state index is 0.0735. The fourth-order valence-corrected chi connectivity index (χ4v) is 3.32. The topological polar surface area (TPSA) is 82.8 Å². The molecule has 0 saturated carbocycles. The molecule has 0 aliphatic carbocycles. The molecule has 0 fully saturated rings. The number of aromatic carboxylic acids is 1. The van der Waals surface area contributed by atoms with Crippen LogP contribution in [0.4, 0.5) is 8.78 Å². The van der Waals surface area contributed by atoms with Crippen molar-refractivity contribution in [2.45, 2.75) is 6.61 Å². The van der Waals surface area contributed by atoms with Crippen molar-refractivity contribution in [3.05, 3.63) is 77.5 Å². The average Bonchev–Trinajstić information content (AvgIpc) is 3.23. The summed E-state index contributed by atoms with van der Waals surface area (Å²) in [6.07, 6.45) is 1.61. The van der Waals surface area contributed by atoms with Crippen LogP contribution in [0.15, 0.2) is 54.7 Å². The fraction of sp³-hybridized carbons (Fsp3) is 0.130. The lowest BCUT2D eigenvalue weighted by Crippen LogP contribution is -2.05. The molecule has 0 aliphatic rings. The van der Waals surface area contributed by atoms with Gasteiger partial charge in [-0.1, -0.05) is 6.07 Å². The monoisotopic (exact) mass is 440 g/mol. The minimum atomic E-state index is -1.06. The van der Waals surface area contributed by atoms with Crippen LogP contribution in [-0.4, -0.2) is 35.1 Å². The van der Waals surface area contributed by atoms with E-state index in [2.05, 4.69) is 5.10 Å². The minimum Gasteiger partial charge on any atom is -0.496 e. The first kappa shape index (κ1) is 21.1. The van der Waals surface area contributed by atoms with Crippen LogP contribution in [0.1, 0.15) is 15.9 Å². The average molecular weight is 440 g/mol. The first-order chi connectivity index (χ1) is 15.4. The molecule has 0 radical (unpaired) electrons. The van der Waals surface area contributed by atoms with Crippen LogP contribution in [0.25, 0.3) is 16.6 Å². The van der Waals surface area contributed by atoms with Crippen molar-refractivity contribution in [1.29, 1.82) is 0 Å². The number of carbonyl (C=O) groups is 1. The number of carboxylic acids is 1. The molecule has 0 aliphatic heterocycles. The van der Waals surface area contributed by atoms with Gasteiger partial charge in [0.2, 0.25) is 0 Å². The lowest BCUT2D eigenvalue weighted by Gasteiger charge is -2.15. The third-order valence-electron chi connectivity index (χ3n) is 4.95. The second-order valence-corrected chi connectivity index (χ2v) is 6.80. The van der Waals surface area contributed by atoms with Gasteiger partial charge >= 0.3 is 5.97 Å². The van der Waals surface area contributed by atoms with E-state index in [9.17, 15) is 18.7 Å². The molecule has 9 heteroatoms. The highest BCUT2D eigenvalue weighted by Gasteiger charge is 2.17. The van der Waals surface area contributed by atoms with E-state index in [0.29, 0.717) is 17.0 Å². The number of nitrogens with zero attached hydrogens (tertiary/aromatic N) is 2. The summed E-state index contributed by atoms with van der Waals surface area (Å²) in [5.74, 6) is -2.34. The van der Waals surface area contributed by atoms with E-state index < -0.39 is 17.6 Å². The molecule has 0 atom stereocenters. The normalized spacial score (nSPS) is 10.9. The first-order valence-electron chi connectivity index (χ1n) is 9.46. The number of carboxylic acid groups (broad SMARTS) is 1. The first-order valence-corrected chi connectivity index (χ1v) is 9.46. The largest absolute Gasteiger partial charge is 0.496 e. The van der Waals surface area contributed by atoms with Crippen molar-refractivity contribution in [3.63, 3.8) is 0 Å². The number of aromatic nitrogens is 2. The third-order valence-corrected chi connectivity index (χ3v) is 4.95. The van der Waals surface area contributed by atoms with E-state index in [-0.39, 0.29) is 29.2 Å². The van der Waals surface area contributed by atoms with Crippen LogP contribution in [-0.2, 0) is 6.61 Å². The van der Waals surface area contributed by atoms with E-state index in [1.54, 1.807) is 35.1 Å². The molecule has 3 aromatic carbocycles. The fourth-order valence-electron chi connectivity index (χ4n) is 3.32. The Bertz CT molecular complexity index is 1320. The molecule has 1 heterocycles. The molecule has 0 unspecified atom stereocenters. The maximum absolute atomic E-state index is 14.3. The van der Waals surface area contributed by atoms with Gasteiger partial charge in [0.25, 0.3) is 0 Å². The van der Waals surface area contributed by atoms with Gasteiger partial charge in [0, 0.05) is 11.5 Å². The Morgan fingerprint density at radius 2 is 1.75 bits per heavy atom. The molecule has 0 bridgehead atoms. The number of benzene rings is 3. The van der Waals surface area contributed by atoms with Gasteiger partial charge in [-0.15, -0.1) is 0 Å². The van der Waals surface area contributed by atoms with Crippen LogP contribution < -0.4 is 14.2 Å². The van der Waals surface area contributed by atoms with Gasteiger partial charge in [-0.05, 0) is 36.4 Å². The molecule has 0 amide bonds. The Labute approximate surface area is 181 Å². The highest BCUT2D eigenvalue weighted by Crippen LogP contribution is 2.33. The number of halogens is 2. The maximum Gasteiger partial charge on any atom is 0.335 e. The number of methoxy groups -OCH3 is 2. The molecular formula is C23H18F2N2O5. The van der Waals surface area contributed by atoms with Gasteiger partial charge in [-0.2, -0.15) is 5.10 Å². The summed E-state index contributed by atoms with van der Waals surface area (Å²) in [5, 5.41) is 14.4. The molecule has 1 aromatic heterocycles. The SMILES string of the molecule is COc1ccc(-n2ncc3ccc(C(=O)O)cc32)cc1OCc1c(OC)ccc(F)c1F. The predicted molar refractivity (Wildman–Crippen MR) is 112 cm³/mol. The summed E-state index contributed by atoms with van der Waals surface area (Å²) in [6, 6.07) is 12.0. The number of ether oxygens (including phenoxy) is 3. The van der Waals surface area contributed by atoms with Gasteiger partial charge in [0.15, 0.2) is 23.1 Å². The van der Waals surface area contributed by atoms with Crippen molar-refractivity contribution in [2.24, 2.45) is 0 Å². The van der Waals surface area contributed by atoms with Crippen molar-refractivity contribution in [1.82, 2.24) is 9.78 Å².